The molecule has 0 aliphatic heterocycles. The Morgan fingerprint density at radius 3 is 2.36 bits per heavy atom. The molecule has 3 heteroatoms. The normalized spacial score (nSPS) is 8.64. The minimum absolute atomic E-state index is 0. The average Bonchev–Trinajstić information content (AvgIpc) is 1.88. The van der Waals surface area contributed by atoms with Crippen LogP contribution in [-0.4, -0.2) is 7.05 Å². The number of hydrazine groups is 1. The number of nitrogens with zero attached hydrogens (tertiary/aromatic N) is 1. The highest BCUT2D eigenvalue weighted by atomic mass is 35.5. The average molecular weight is 173 g/mol. The number of aryl methyl sites for hydroxylation is 1. The highest BCUT2D eigenvalue weighted by molar-refractivity contribution is 5.85. The summed E-state index contributed by atoms with van der Waals surface area (Å²) in [6, 6.07) is 8.06. The second-order valence-corrected chi connectivity index (χ2v) is 2.45. The molecule has 11 heavy (non-hydrogen) atoms. The van der Waals surface area contributed by atoms with E-state index in [9.17, 15) is 0 Å². The maximum Gasteiger partial charge on any atom is 0.0516 e. The van der Waals surface area contributed by atoms with Crippen LogP contribution in [0.3, 0.4) is 0 Å². The molecule has 1 rings (SSSR count). The van der Waals surface area contributed by atoms with E-state index in [0.717, 1.165) is 5.69 Å². The zero-order chi connectivity index (χ0) is 7.56. The fourth-order valence-corrected chi connectivity index (χ4v) is 0.847. The van der Waals surface area contributed by atoms with Gasteiger partial charge in [-0.25, -0.2) is 5.84 Å². The molecule has 2 nitrogen and oxygen atoms in total. The van der Waals surface area contributed by atoms with Crippen LogP contribution in [0.1, 0.15) is 5.56 Å². The number of hydrogen-bond donors (Lipinski definition) is 1. The van der Waals surface area contributed by atoms with Crippen LogP contribution in [0.15, 0.2) is 24.3 Å². The molecular weight excluding hydrogens is 160 g/mol. The molecule has 1 aromatic rings. The van der Waals surface area contributed by atoms with E-state index in [1.165, 1.54) is 5.56 Å². The summed E-state index contributed by atoms with van der Waals surface area (Å²) in [6.07, 6.45) is 0. The van der Waals surface area contributed by atoms with E-state index in [2.05, 4.69) is 0 Å². The van der Waals surface area contributed by atoms with Gasteiger partial charge in [0.15, 0.2) is 0 Å². The number of halogens is 1. The van der Waals surface area contributed by atoms with Crippen LogP contribution < -0.4 is 10.9 Å². The molecule has 0 fully saturated rings. The van der Waals surface area contributed by atoms with Gasteiger partial charge >= 0.3 is 0 Å². The molecule has 0 saturated carbocycles. The van der Waals surface area contributed by atoms with E-state index in [-0.39, 0.29) is 12.4 Å². The van der Waals surface area contributed by atoms with Crippen molar-refractivity contribution in [2.24, 2.45) is 5.84 Å². The van der Waals surface area contributed by atoms with Gasteiger partial charge in [0, 0.05) is 7.05 Å². The monoisotopic (exact) mass is 172 g/mol. The summed E-state index contributed by atoms with van der Waals surface area (Å²) < 4.78 is 0. The Morgan fingerprint density at radius 2 is 2.00 bits per heavy atom. The Labute approximate surface area is 73.4 Å². The zero-order valence-corrected chi connectivity index (χ0v) is 7.56. The molecule has 0 atom stereocenters. The van der Waals surface area contributed by atoms with Crippen LogP contribution >= 0.6 is 12.4 Å². The number of hydrogen-bond acceptors (Lipinski definition) is 2. The molecule has 0 bridgehead atoms. The van der Waals surface area contributed by atoms with Gasteiger partial charge in [-0.1, -0.05) is 12.1 Å². The second kappa shape index (κ2) is 4.21. The first kappa shape index (κ1) is 10.3. The molecule has 0 aromatic heterocycles. The van der Waals surface area contributed by atoms with Crippen molar-refractivity contribution in [2.45, 2.75) is 6.92 Å². The number of anilines is 1. The third-order valence-corrected chi connectivity index (χ3v) is 1.41. The Morgan fingerprint density at radius 1 is 1.36 bits per heavy atom. The molecule has 0 spiro atoms. The van der Waals surface area contributed by atoms with Gasteiger partial charge in [-0.3, -0.25) is 0 Å². The zero-order valence-electron chi connectivity index (χ0n) is 6.74. The number of nitrogens with two attached hydrogens (primary N) is 1. The smallest absolute Gasteiger partial charge is 0.0516 e. The van der Waals surface area contributed by atoms with E-state index < -0.39 is 0 Å². The van der Waals surface area contributed by atoms with Crippen LogP contribution in [0, 0.1) is 6.92 Å². The Hall–Kier alpha value is -0.730. The second-order valence-electron chi connectivity index (χ2n) is 2.45. The predicted molar refractivity (Wildman–Crippen MR) is 51.0 cm³/mol. The van der Waals surface area contributed by atoms with Crippen LogP contribution in [0.4, 0.5) is 5.69 Å². The van der Waals surface area contributed by atoms with Gasteiger partial charge in [-0.05, 0) is 24.6 Å². The van der Waals surface area contributed by atoms with Gasteiger partial charge in [-0.2, -0.15) is 0 Å². The van der Waals surface area contributed by atoms with Crippen molar-refractivity contribution in [2.75, 3.05) is 12.1 Å². The summed E-state index contributed by atoms with van der Waals surface area (Å²) in [4.78, 5) is 0. The first-order chi connectivity index (χ1) is 4.70. The molecule has 0 aliphatic carbocycles. The standard InChI is InChI=1S/C8H12N2.ClH/c1-7-4-3-5-8(6-7)10(2)9;/h3-6H,9H2,1-2H3;1H. The Bertz CT molecular complexity index is 223. The third kappa shape index (κ3) is 2.78. The largest absolute Gasteiger partial charge is 0.314 e. The molecule has 0 heterocycles. The summed E-state index contributed by atoms with van der Waals surface area (Å²) in [5.41, 5.74) is 2.27. The highest BCUT2D eigenvalue weighted by Crippen LogP contribution is 2.10. The lowest BCUT2D eigenvalue weighted by molar-refractivity contribution is 1.02. The molecule has 2 N–H and O–H groups in total. The van der Waals surface area contributed by atoms with Gasteiger partial charge in [0.1, 0.15) is 0 Å². The molecular formula is C8H13ClN2. The van der Waals surface area contributed by atoms with Gasteiger partial charge in [0.05, 0.1) is 5.69 Å². The Balaban J connectivity index is 0.000001000. The number of rotatable bonds is 1. The molecule has 0 unspecified atom stereocenters. The fourth-order valence-electron chi connectivity index (χ4n) is 0.847. The quantitative estimate of drug-likeness (QED) is 0.517. The maximum absolute atomic E-state index is 5.52. The molecule has 62 valence electrons. The molecule has 0 aliphatic rings. The van der Waals surface area contributed by atoms with E-state index in [4.69, 9.17) is 5.84 Å². The number of benzene rings is 1. The summed E-state index contributed by atoms with van der Waals surface area (Å²) in [7, 11) is 1.83. The topological polar surface area (TPSA) is 29.3 Å². The van der Waals surface area contributed by atoms with E-state index in [1.54, 1.807) is 5.01 Å². The highest BCUT2D eigenvalue weighted by Gasteiger charge is 1.92. The van der Waals surface area contributed by atoms with E-state index in [0.29, 0.717) is 0 Å². The van der Waals surface area contributed by atoms with Crippen molar-refractivity contribution in [3.05, 3.63) is 29.8 Å². The lowest BCUT2D eigenvalue weighted by Gasteiger charge is -2.11. The summed E-state index contributed by atoms with van der Waals surface area (Å²) in [5, 5.41) is 1.60. The van der Waals surface area contributed by atoms with Crippen molar-refractivity contribution in [3.8, 4) is 0 Å². The van der Waals surface area contributed by atoms with Crippen molar-refractivity contribution >= 4 is 18.1 Å². The minimum atomic E-state index is 0. The van der Waals surface area contributed by atoms with Gasteiger partial charge in [0.25, 0.3) is 0 Å². The predicted octanol–water partition coefficient (Wildman–Crippen LogP) is 1.73. The first-order valence-electron chi connectivity index (χ1n) is 3.25. The molecule has 0 radical (unpaired) electrons. The van der Waals surface area contributed by atoms with Crippen LogP contribution in [-0.2, 0) is 0 Å². The van der Waals surface area contributed by atoms with Crippen molar-refractivity contribution < 1.29 is 0 Å². The minimum Gasteiger partial charge on any atom is -0.314 e. The lowest BCUT2D eigenvalue weighted by atomic mass is 10.2. The SMILES string of the molecule is Cc1cccc(N(C)N)c1.Cl. The van der Waals surface area contributed by atoms with Gasteiger partial charge < -0.3 is 5.01 Å². The van der Waals surface area contributed by atoms with Crippen molar-refractivity contribution in [3.63, 3.8) is 0 Å². The molecule has 0 amide bonds. The van der Waals surface area contributed by atoms with Crippen LogP contribution in [0.5, 0.6) is 0 Å². The van der Waals surface area contributed by atoms with Gasteiger partial charge in [0.2, 0.25) is 0 Å². The summed E-state index contributed by atoms with van der Waals surface area (Å²) in [5.74, 6) is 5.52. The first-order valence-corrected chi connectivity index (χ1v) is 3.25. The van der Waals surface area contributed by atoms with E-state index >= 15 is 0 Å². The third-order valence-electron chi connectivity index (χ3n) is 1.41. The van der Waals surface area contributed by atoms with E-state index in [1.807, 2.05) is 38.2 Å². The van der Waals surface area contributed by atoms with Gasteiger partial charge in [-0.15, -0.1) is 12.4 Å². The molecule has 1 aromatic carbocycles. The lowest BCUT2D eigenvalue weighted by Crippen LogP contribution is -2.24. The Kier molecular flexibility index (Phi) is 3.93. The van der Waals surface area contributed by atoms with Crippen molar-refractivity contribution in [1.29, 1.82) is 0 Å². The molecule has 0 saturated heterocycles. The fraction of sp³-hybridized carbons (Fsp3) is 0.250. The van der Waals surface area contributed by atoms with Crippen LogP contribution in [0.25, 0.3) is 0 Å². The maximum atomic E-state index is 5.52. The van der Waals surface area contributed by atoms with Crippen LogP contribution in [0.2, 0.25) is 0 Å². The van der Waals surface area contributed by atoms with Crippen molar-refractivity contribution in [1.82, 2.24) is 0 Å². The summed E-state index contributed by atoms with van der Waals surface area (Å²) >= 11 is 0. The summed E-state index contributed by atoms with van der Waals surface area (Å²) in [6.45, 7) is 2.05.